The van der Waals surface area contributed by atoms with Crippen molar-refractivity contribution in [3.8, 4) is 0 Å². The number of carbonyl (C=O) groups is 1. The lowest BCUT2D eigenvalue weighted by Gasteiger charge is -2.20. The summed E-state index contributed by atoms with van der Waals surface area (Å²) < 4.78 is 0. The molecular formula is C12H13N3OS. The fourth-order valence-corrected chi connectivity index (χ4v) is 2.08. The molecule has 0 aliphatic carbocycles. The van der Waals surface area contributed by atoms with Gasteiger partial charge in [0.05, 0.1) is 5.51 Å². The Labute approximate surface area is 104 Å². The molecule has 0 radical (unpaired) electrons. The zero-order valence-corrected chi connectivity index (χ0v) is 10.3. The van der Waals surface area contributed by atoms with Crippen LogP contribution >= 0.6 is 11.3 Å². The van der Waals surface area contributed by atoms with Crippen molar-refractivity contribution in [1.29, 1.82) is 0 Å². The van der Waals surface area contributed by atoms with Crippen molar-refractivity contribution in [2.45, 2.75) is 6.92 Å². The first-order chi connectivity index (χ1) is 8.22. The summed E-state index contributed by atoms with van der Waals surface area (Å²) in [5, 5.41) is 1.75. The molecule has 0 fully saturated rings. The maximum atomic E-state index is 12.2. The molecule has 0 atom stereocenters. The zero-order chi connectivity index (χ0) is 12.3. The van der Waals surface area contributed by atoms with Crippen LogP contribution in [0.5, 0.6) is 0 Å². The van der Waals surface area contributed by atoms with E-state index in [4.69, 9.17) is 5.73 Å². The van der Waals surface area contributed by atoms with Crippen molar-refractivity contribution in [2.24, 2.45) is 0 Å². The lowest BCUT2D eigenvalue weighted by molar-refractivity contribution is 0.0984. The molecular weight excluding hydrogens is 234 g/mol. The van der Waals surface area contributed by atoms with E-state index >= 15 is 0 Å². The van der Waals surface area contributed by atoms with E-state index in [1.807, 2.05) is 19.1 Å². The summed E-state index contributed by atoms with van der Waals surface area (Å²) in [5.41, 5.74) is 9.28. The van der Waals surface area contributed by atoms with Crippen LogP contribution in [0.1, 0.15) is 17.4 Å². The predicted octanol–water partition coefficient (Wildman–Crippen LogP) is 2.39. The Morgan fingerprint density at radius 1 is 1.41 bits per heavy atom. The smallest absolute Gasteiger partial charge is 0.277 e. The molecule has 0 saturated heterocycles. The number of rotatable bonds is 3. The van der Waals surface area contributed by atoms with E-state index in [9.17, 15) is 4.79 Å². The summed E-state index contributed by atoms with van der Waals surface area (Å²) >= 11 is 1.41. The van der Waals surface area contributed by atoms with E-state index in [0.717, 1.165) is 5.69 Å². The van der Waals surface area contributed by atoms with Gasteiger partial charge in [0.15, 0.2) is 0 Å². The van der Waals surface area contributed by atoms with Crippen LogP contribution in [-0.2, 0) is 0 Å². The second kappa shape index (κ2) is 4.97. The molecule has 0 saturated carbocycles. The highest BCUT2D eigenvalue weighted by molar-refractivity contribution is 7.07. The number of hydrogen-bond donors (Lipinski definition) is 1. The van der Waals surface area contributed by atoms with Crippen LogP contribution in [0.4, 0.5) is 11.4 Å². The van der Waals surface area contributed by atoms with Gasteiger partial charge in [-0.25, -0.2) is 4.98 Å². The number of nitrogens with zero attached hydrogens (tertiary/aromatic N) is 2. The van der Waals surface area contributed by atoms with E-state index in [1.165, 1.54) is 11.3 Å². The third kappa shape index (κ3) is 2.45. The van der Waals surface area contributed by atoms with Gasteiger partial charge in [-0.1, -0.05) is 0 Å². The molecule has 0 aliphatic heterocycles. The molecule has 1 aromatic carbocycles. The summed E-state index contributed by atoms with van der Waals surface area (Å²) in [4.78, 5) is 17.9. The second-order valence-corrected chi connectivity index (χ2v) is 4.23. The van der Waals surface area contributed by atoms with E-state index in [2.05, 4.69) is 4.98 Å². The van der Waals surface area contributed by atoms with E-state index in [0.29, 0.717) is 17.9 Å². The van der Waals surface area contributed by atoms with E-state index in [-0.39, 0.29) is 5.91 Å². The number of thiazole rings is 1. The van der Waals surface area contributed by atoms with Crippen LogP contribution in [0.15, 0.2) is 35.2 Å². The van der Waals surface area contributed by atoms with Gasteiger partial charge in [0.1, 0.15) is 5.69 Å². The van der Waals surface area contributed by atoms with Crippen LogP contribution in [-0.4, -0.2) is 17.4 Å². The first-order valence-electron chi connectivity index (χ1n) is 5.28. The molecule has 88 valence electrons. The standard InChI is InChI=1S/C12H13N3OS/c1-2-15(10-5-3-9(13)4-6-10)12(16)11-7-17-8-14-11/h3-8H,2,13H2,1H3. The maximum Gasteiger partial charge on any atom is 0.277 e. The second-order valence-electron chi connectivity index (χ2n) is 3.51. The van der Waals surface area contributed by atoms with Crippen molar-refractivity contribution in [3.63, 3.8) is 0 Å². The van der Waals surface area contributed by atoms with Gasteiger partial charge in [-0.15, -0.1) is 11.3 Å². The Balaban J connectivity index is 2.28. The Kier molecular flexibility index (Phi) is 3.39. The fraction of sp³-hybridized carbons (Fsp3) is 0.167. The number of benzene rings is 1. The van der Waals surface area contributed by atoms with E-state index in [1.54, 1.807) is 27.9 Å². The van der Waals surface area contributed by atoms with Crippen molar-refractivity contribution in [1.82, 2.24) is 4.98 Å². The molecule has 4 nitrogen and oxygen atoms in total. The Hall–Kier alpha value is -1.88. The van der Waals surface area contributed by atoms with Crippen molar-refractivity contribution < 1.29 is 4.79 Å². The van der Waals surface area contributed by atoms with Crippen LogP contribution in [0.25, 0.3) is 0 Å². The highest BCUT2D eigenvalue weighted by atomic mass is 32.1. The Bertz CT molecular complexity index is 493. The average molecular weight is 247 g/mol. The third-order valence-corrected chi connectivity index (χ3v) is 3.00. The molecule has 17 heavy (non-hydrogen) atoms. The summed E-state index contributed by atoms with van der Waals surface area (Å²) in [6.07, 6.45) is 0. The van der Waals surface area contributed by atoms with Crippen LogP contribution < -0.4 is 10.6 Å². The Morgan fingerprint density at radius 2 is 2.12 bits per heavy atom. The maximum absolute atomic E-state index is 12.2. The fourth-order valence-electron chi connectivity index (χ4n) is 1.55. The van der Waals surface area contributed by atoms with Gasteiger partial charge in [-0.05, 0) is 31.2 Å². The first-order valence-corrected chi connectivity index (χ1v) is 6.22. The van der Waals surface area contributed by atoms with Gasteiger partial charge in [-0.3, -0.25) is 4.79 Å². The number of anilines is 2. The molecule has 2 rings (SSSR count). The molecule has 1 aromatic heterocycles. The van der Waals surface area contributed by atoms with Gasteiger partial charge in [0.2, 0.25) is 0 Å². The molecule has 2 N–H and O–H groups in total. The Morgan fingerprint density at radius 3 is 2.65 bits per heavy atom. The summed E-state index contributed by atoms with van der Waals surface area (Å²) in [6, 6.07) is 7.24. The molecule has 0 spiro atoms. The number of carbonyl (C=O) groups excluding carboxylic acids is 1. The molecule has 1 heterocycles. The SMILES string of the molecule is CCN(C(=O)c1cscn1)c1ccc(N)cc1. The minimum atomic E-state index is -0.0847. The monoisotopic (exact) mass is 247 g/mol. The normalized spacial score (nSPS) is 10.2. The molecule has 0 bridgehead atoms. The first kappa shape index (κ1) is 11.6. The molecule has 1 amide bonds. The number of hydrogen-bond acceptors (Lipinski definition) is 4. The summed E-state index contributed by atoms with van der Waals surface area (Å²) in [7, 11) is 0. The highest BCUT2D eigenvalue weighted by Gasteiger charge is 2.17. The van der Waals surface area contributed by atoms with Gasteiger partial charge >= 0.3 is 0 Å². The van der Waals surface area contributed by atoms with Crippen LogP contribution in [0, 0.1) is 0 Å². The van der Waals surface area contributed by atoms with Crippen LogP contribution in [0.2, 0.25) is 0 Å². The van der Waals surface area contributed by atoms with Crippen molar-refractivity contribution >= 4 is 28.6 Å². The highest BCUT2D eigenvalue weighted by Crippen LogP contribution is 2.18. The largest absolute Gasteiger partial charge is 0.399 e. The zero-order valence-electron chi connectivity index (χ0n) is 9.46. The molecule has 5 heteroatoms. The molecule has 0 unspecified atom stereocenters. The summed E-state index contributed by atoms with van der Waals surface area (Å²) in [6.45, 7) is 2.53. The van der Waals surface area contributed by atoms with Crippen LogP contribution in [0.3, 0.4) is 0 Å². The van der Waals surface area contributed by atoms with E-state index < -0.39 is 0 Å². The minimum absolute atomic E-state index is 0.0847. The predicted molar refractivity (Wildman–Crippen MR) is 70.3 cm³/mol. The number of nitrogen functional groups attached to an aromatic ring is 1. The van der Waals surface area contributed by atoms with Crippen molar-refractivity contribution in [3.05, 3.63) is 40.8 Å². The number of aromatic nitrogens is 1. The van der Waals surface area contributed by atoms with Crippen molar-refractivity contribution in [2.75, 3.05) is 17.2 Å². The quantitative estimate of drug-likeness (QED) is 0.847. The van der Waals surface area contributed by atoms with Gasteiger partial charge in [0, 0.05) is 23.3 Å². The third-order valence-electron chi connectivity index (χ3n) is 2.42. The lowest BCUT2D eigenvalue weighted by Crippen LogP contribution is -2.30. The van der Waals surface area contributed by atoms with Gasteiger partial charge < -0.3 is 10.6 Å². The lowest BCUT2D eigenvalue weighted by atomic mass is 10.2. The summed E-state index contributed by atoms with van der Waals surface area (Å²) in [5.74, 6) is -0.0847. The molecule has 2 aromatic rings. The van der Waals surface area contributed by atoms with Gasteiger partial charge in [-0.2, -0.15) is 0 Å². The number of nitrogens with two attached hydrogens (primary N) is 1. The van der Waals surface area contributed by atoms with Gasteiger partial charge in [0.25, 0.3) is 5.91 Å². The number of amides is 1. The minimum Gasteiger partial charge on any atom is -0.399 e. The topological polar surface area (TPSA) is 59.2 Å². The average Bonchev–Trinajstić information content (AvgIpc) is 2.86. The molecule has 0 aliphatic rings.